The van der Waals surface area contributed by atoms with Crippen LogP contribution in [0.5, 0.6) is 11.5 Å². The number of methoxy groups -OCH3 is 1. The number of benzene rings is 1. The number of esters is 1. The molecule has 0 atom stereocenters. The van der Waals surface area contributed by atoms with Crippen molar-refractivity contribution in [3.05, 3.63) is 40.3 Å². The summed E-state index contributed by atoms with van der Waals surface area (Å²) in [4.78, 5) is 11.9. The van der Waals surface area contributed by atoms with E-state index in [1.54, 1.807) is 11.4 Å². The highest BCUT2D eigenvalue weighted by Crippen LogP contribution is 2.34. The molecule has 3 N–H and O–H groups in total. The highest BCUT2D eigenvalue weighted by Gasteiger charge is 2.17. The van der Waals surface area contributed by atoms with E-state index in [9.17, 15) is 9.18 Å². The van der Waals surface area contributed by atoms with E-state index >= 15 is 0 Å². The Hall–Kier alpha value is -2.19. The summed E-state index contributed by atoms with van der Waals surface area (Å²) in [5, 5.41) is 4.28. The number of carbonyl (C=O) groups excluding carboxylic acids is 1. The summed E-state index contributed by atoms with van der Waals surface area (Å²) in [5.41, 5.74) is 5.65. The first kappa shape index (κ1) is 15.2. The predicted molar refractivity (Wildman–Crippen MR) is 82.5 cm³/mol. The van der Waals surface area contributed by atoms with Crippen molar-refractivity contribution in [2.75, 3.05) is 12.4 Å². The van der Waals surface area contributed by atoms with Crippen LogP contribution in [0.15, 0.2) is 29.6 Å². The Bertz CT molecular complexity index is 688. The fraction of sp³-hybridized carbons (Fsp3) is 0.0769. The third kappa shape index (κ3) is 3.67. The molecule has 8 heteroatoms. The van der Waals surface area contributed by atoms with Gasteiger partial charge in [0.05, 0.1) is 12.8 Å². The maximum absolute atomic E-state index is 13.3. The molecule has 0 bridgehead atoms. The number of hydrogen-bond donors (Lipinski definition) is 2. The maximum atomic E-state index is 13.3. The van der Waals surface area contributed by atoms with Crippen molar-refractivity contribution < 1.29 is 18.7 Å². The van der Waals surface area contributed by atoms with E-state index in [4.69, 9.17) is 22.7 Å². The van der Waals surface area contributed by atoms with E-state index in [1.165, 1.54) is 36.6 Å². The lowest BCUT2D eigenvalue weighted by Gasteiger charge is -2.12. The van der Waals surface area contributed by atoms with Crippen molar-refractivity contribution >= 4 is 40.3 Å². The van der Waals surface area contributed by atoms with Gasteiger partial charge in [-0.1, -0.05) is 0 Å². The lowest BCUT2D eigenvalue weighted by Crippen LogP contribution is -2.19. The molecule has 2 rings (SSSR count). The zero-order valence-electron chi connectivity index (χ0n) is 10.9. The zero-order chi connectivity index (χ0) is 15.4. The van der Waals surface area contributed by atoms with Gasteiger partial charge in [0, 0.05) is 6.07 Å². The number of rotatable bonds is 4. The Balaban J connectivity index is 2.33. The summed E-state index contributed by atoms with van der Waals surface area (Å²) in [6, 6.07) is 5.45. The Morgan fingerprint density at radius 2 is 2.14 bits per heavy atom. The highest BCUT2D eigenvalue weighted by molar-refractivity contribution is 7.80. The van der Waals surface area contributed by atoms with Crippen LogP contribution in [0.4, 0.5) is 10.1 Å². The van der Waals surface area contributed by atoms with Crippen LogP contribution in [0.1, 0.15) is 9.67 Å². The van der Waals surface area contributed by atoms with Gasteiger partial charge in [0.25, 0.3) is 0 Å². The lowest BCUT2D eigenvalue weighted by molar-refractivity contribution is 0.0604. The minimum Gasteiger partial charge on any atom is -0.465 e. The summed E-state index contributed by atoms with van der Waals surface area (Å²) in [5.74, 6) is -0.386. The molecule has 2 aromatic rings. The maximum Gasteiger partial charge on any atom is 0.351 e. The van der Waals surface area contributed by atoms with Crippen molar-refractivity contribution in [3.8, 4) is 11.5 Å². The Kier molecular flexibility index (Phi) is 4.71. The van der Waals surface area contributed by atoms with Gasteiger partial charge in [0.15, 0.2) is 21.5 Å². The van der Waals surface area contributed by atoms with E-state index < -0.39 is 11.8 Å². The van der Waals surface area contributed by atoms with E-state index in [2.05, 4.69) is 10.1 Å². The molecule has 0 fully saturated rings. The van der Waals surface area contributed by atoms with Gasteiger partial charge in [-0.15, -0.1) is 11.3 Å². The van der Waals surface area contributed by atoms with Crippen molar-refractivity contribution in [2.24, 2.45) is 5.73 Å². The second-order valence-electron chi connectivity index (χ2n) is 3.84. The average molecular weight is 326 g/mol. The van der Waals surface area contributed by atoms with Gasteiger partial charge in [-0.3, -0.25) is 0 Å². The molecule has 0 saturated heterocycles. The lowest BCUT2D eigenvalue weighted by atomic mass is 10.3. The van der Waals surface area contributed by atoms with Crippen LogP contribution in [0, 0.1) is 5.82 Å². The van der Waals surface area contributed by atoms with Crippen molar-refractivity contribution in [3.63, 3.8) is 0 Å². The number of hydrogen-bond acceptors (Lipinski definition) is 5. The minimum atomic E-state index is -0.508. The normalized spacial score (nSPS) is 10.0. The number of anilines is 1. The van der Waals surface area contributed by atoms with Gasteiger partial charge >= 0.3 is 5.97 Å². The van der Waals surface area contributed by atoms with Crippen LogP contribution < -0.4 is 15.8 Å². The molecular weight excluding hydrogens is 315 g/mol. The van der Waals surface area contributed by atoms with Crippen LogP contribution in [0.3, 0.4) is 0 Å². The first-order chi connectivity index (χ1) is 10.0. The van der Waals surface area contributed by atoms with Crippen LogP contribution in [-0.2, 0) is 4.74 Å². The highest BCUT2D eigenvalue weighted by atomic mass is 32.1. The molecule has 0 aliphatic carbocycles. The zero-order valence-corrected chi connectivity index (χ0v) is 12.5. The standard InChI is InChI=1S/C13H11FN2O3S2/c1-18-12(17)11-10(4-5-21-11)19-9-3-2-7(14)6-8(9)16-13(15)20/h2-6H,1H3,(H3,15,16,20). The van der Waals surface area contributed by atoms with Crippen LogP contribution >= 0.6 is 23.6 Å². The van der Waals surface area contributed by atoms with Gasteiger partial charge in [-0.25, -0.2) is 9.18 Å². The van der Waals surface area contributed by atoms with Crippen LogP contribution in [0.25, 0.3) is 0 Å². The Morgan fingerprint density at radius 3 is 2.81 bits per heavy atom. The Labute approximate surface area is 129 Å². The van der Waals surface area contributed by atoms with Gasteiger partial charge < -0.3 is 20.5 Å². The van der Waals surface area contributed by atoms with E-state index in [-0.39, 0.29) is 16.5 Å². The number of carbonyl (C=O) groups is 1. The van der Waals surface area contributed by atoms with Crippen molar-refractivity contribution in [1.82, 2.24) is 0 Å². The fourth-order valence-corrected chi connectivity index (χ4v) is 2.40. The second kappa shape index (κ2) is 6.51. The molecule has 0 aliphatic heterocycles. The van der Waals surface area contributed by atoms with Crippen molar-refractivity contribution in [1.29, 1.82) is 0 Å². The Morgan fingerprint density at radius 1 is 1.38 bits per heavy atom. The van der Waals surface area contributed by atoms with E-state index in [0.717, 1.165) is 0 Å². The molecule has 0 radical (unpaired) electrons. The largest absolute Gasteiger partial charge is 0.465 e. The SMILES string of the molecule is COC(=O)c1sccc1Oc1ccc(F)cc1NC(N)=S. The van der Waals surface area contributed by atoms with Crippen molar-refractivity contribution in [2.45, 2.75) is 0 Å². The third-order valence-electron chi connectivity index (χ3n) is 2.42. The summed E-state index contributed by atoms with van der Waals surface area (Å²) >= 11 is 5.91. The van der Waals surface area contributed by atoms with Gasteiger partial charge in [-0.2, -0.15) is 0 Å². The number of nitrogens with one attached hydrogen (secondary N) is 1. The summed E-state index contributed by atoms with van der Waals surface area (Å²) < 4.78 is 23.6. The van der Waals surface area contributed by atoms with Crippen LogP contribution in [0.2, 0.25) is 0 Å². The topological polar surface area (TPSA) is 73.6 Å². The molecule has 21 heavy (non-hydrogen) atoms. The number of ether oxygens (including phenoxy) is 2. The fourth-order valence-electron chi connectivity index (χ4n) is 1.56. The summed E-state index contributed by atoms with van der Waals surface area (Å²) in [7, 11) is 1.28. The average Bonchev–Trinajstić information content (AvgIpc) is 2.88. The quantitative estimate of drug-likeness (QED) is 0.664. The van der Waals surface area contributed by atoms with Gasteiger partial charge in [0.2, 0.25) is 0 Å². The molecule has 1 aromatic heterocycles. The molecule has 110 valence electrons. The molecule has 1 aromatic carbocycles. The van der Waals surface area contributed by atoms with E-state index in [0.29, 0.717) is 10.6 Å². The summed E-state index contributed by atoms with van der Waals surface area (Å²) in [6.07, 6.45) is 0. The van der Waals surface area contributed by atoms with Gasteiger partial charge in [-0.05, 0) is 35.8 Å². The number of thiophene rings is 1. The predicted octanol–water partition coefficient (Wildman–Crippen LogP) is 3.12. The molecule has 0 spiro atoms. The van der Waals surface area contributed by atoms with E-state index in [1.807, 2.05) is 0 Å². The number of halogens is 1. The smallest absolute Gasteiger partial charge is 0.351 e. The molecule has 5 nitrogen and oxygen atoms in total. The first-order valence-corrected chi connectivity index (χ1v) is 6.99. The number of nitrogens with two attached hydrogens (primary N) is 1. The molecular formula is C13H11FN2O3S2. The molecule has 0 aliphatic rings. The molecule has 0 saturated carbocycles. The number of thiocarbonyl (C=S) groups is 1. The second-order valence-corrected chi connectivity index (χ2v) is 5.19. The summed E-state index contributed by atoms with van der Waals surface area (Å²) in [6.45, 7) is 0. The van der Waals surface area contributed by atoms with Crippen LogP contribution in [-0.4, -0.2) is 18.2 Å². The minimum absolute atomic E-state index is 0.0241. The monoisotopic (exact) mass is 326 g/mol. The molecule has 1 heterocycles. The first-order valence-electron chi connectivity index (χ1n) is 5.71. The third-order valence-corrected chi connectivity index (χ3v) is 3.40. The molecule has 0 amide bonds. The van der Waals surface area contributed by atoms with Gasteiger partial charge in [0.1, 0.15) is 5.82 Å². The molecule has 0 unspecified atom stereocenters.